The molecule has 0 N–H and O–H groups in total. The van der Waals surface area contributed by atoms with E-state index < -0.39 is 0 Å². The van der Waals surface area contributed by atoms with Crippen LogP contribution in [0.25, 0.3) is 0 Å². The van der Waals surface area contributed by atoms with Gasteiger partial charge in [0.05, 0.1) is 34.0 Å². The van der Waals surface area contributed by atoms with E-state index >= 15 is 0 Å². The molecule has 1 aliphatic rings. The summed E-state index contributed by atoms with van der Waals surface area (Å²) in [5.41, 5.74) is 2.78. The van der Waals surface area contributed by atoms with Gasteiger partial charge in [0.25, 0.3) is 5.91 Å². The average Bonchev–Trinajstić information content (AvgIpc) is 3.36. The van der Waals surface area contributed by atoms with Gasteiger partial charge in [-0.25, -0.2) is 0 Å². The van der Waals surface area contributed by atoms with Crippen molar-refractivity contribution in [2.24, 2.45) is 0 Å². The van der Waals surface area contributed by atoms with Gasteiger partial charge in [-0.05, 0) is 66.2 Å². The summed E-state index contributed by atoms with van der Waals surface area (Å²) < 4.78 is 22.1. The van der Waals surface area contributed by atoms with Crippen molar-refractivity contribution >= 4 is 17.2 Å². The molecule has 0 spiro atoms. The van der Waals surface area contributed by atoms with Gasteiger partial charge >= 0.3 is 0 Å². The summed E-state index contributed by atoms with van der Waals surface area (Å²) >= 11 is 1.64. The zero-order chi connectivity index (χ0) is 22.7. The summed E-state index contributed by atoms with van der Waals surface area (Å²) in [7, 11) is 4.85. The van der Waals surface area contributed by atoms with Crippen molar-refractivity contribution < 1.29 is 23.7 Å². The first-order chi connectivity index (χ1) is 15.6. The fourth-order valence-corrected chi connectivity index (χ4v) is 5.01. The van der Waals surface area contributed by atoms with Crippen molar-refractivity contribution in [2.75, 3.05) is 34.5 Å². The summed E-state index contributed by atoms with van der Waals surface area (Å²) in [5, 5.41) is 2.03. The number of thiophene rings is 1. The number of benzene rings is 2. The van der Waals surface area contributed by atoms with Gasteiger partial charge in [-0.2, -0.15) is 0 Å². The third-order valence-corrected chi connectivity index (χ3v) is 6.58. The van der Waals surface area contributed by atoms with E-state index in [2.05, 4.69) is 6.07 Å². The molecule has 1 aliphatic heterocycles. The van der Waals surface area contributed by atoms with Crippen molar-refractivity contribution in [3.05, 3.63) is 69.4 Å². The molecular formula is C25H27NO5S. The third kappa shape index (κ3) is 4.00. The molecule has 2 aromatic carbocycles. The second-order valence-electron chi connectivity index (χ2n) is 7.37. The fourth-order valence-electron chi connectivity index (χ4n) is 4.16. The quantitative estimate of drug-likeness (QED) is 0.506. The Bertz CT molecular complexity index is 1100. The Labute approximate surface area is 192 Å². The Kier molecular flexibility index (Phi) is 6.55. The summed E-state index contributed by atoms with van der Waals surface area (Å²) in [6, 6.07) is 13.2. The third-order valence-electron chi connectivity index (χ3n) is 5.66. The maximum atomic E-state index is 13.7. The van der Waals surface area contributed by atoms with Crippen LogP contribution in [0.15, 0.2) is 47.8 Å². The Hall–Kier alpha value is -3.19. The number of fused-ring (bicyclic) bond motifs is 1. The molecule has 0 saturated heterocycles. The average molecular weight is 454 g/mol. The summed E-state index contributed by atoms with van der Waals surface area (Å²) in [5.74, 6) is 2.48. The van der Waals surface area contributed by atoms with E-state index in [-0.39, 0.29) is 11.9 Å². The highest BCUT2D eigenvalue weighted by Gasteiger charge is 2.34. The number of hydrogen-bond acceptors (Lipinski definition) is 6. The van der Waals surface area contributed by atoms with E-state index in [1.54, 1.807) is 50.9 Å². The predicted octanol–water partition coefficient (Wildman–Crippen LogP) is 4.96. The standard InChI is InChI=1S/C25H27NO5S/c1-5-31-19-9-8-17(14-20(19)28-2)25(27)26-11-10-16-13-21(29-3)22(30-4)15-18(16)24(26)23-7-6-12-32-23/h6-9,12-15,24H,5,10-11H2,1-4H3. The van der Waals surface area contributed by atoms with Gasteiger partial charge in [0.1, 0.15) is 0 Å². The van der Waals surface area contributed by atoms with E-state index in [1.807, 2.05) is 35.4 Å². The molecule has 1 atom stereocenters. The van der Waals surface area contributed by atoms with Crippen LogP contribution in [0, 0.1) is 0 Å². The van der Waals surface area contributed by atoms with Crippen molar-refractivity contribution in [3.63, 3.8) is 0 Å². The number of methoxy groups -OCH3 is 3. The van der Waals surface area contributed by atoms with Crippen LogP contribution in [-0.2, 0) is 6.42 Å². The smallest absolute Gasteiger partial charge is 0.254 e. The molecule has 2 heterocycles. The zero-order valence-corrected chi connectivity index (χ0v) is 19.5. The van der Waals surface area contributed by atoms with Crippen LogP contribution < -0.4 is 18.9 Å². The number of carbonyl (C=O) groups is 1. The van der Waals surface area contributed by atoms with E-state index in [0.717, 1.165) is 22.4 Å². The lowest BCUT2D eigenvalue weighted by Crippen LogP contribution is -2.40. The van der Waals surface area contributed by atoms with Crippen molar-refractivity contribution in [1.82, 2.24) is 4.90 Å². The first-order valence-corrected chi connectivity index (χ1v) is 11.4. The van der Waals surface area contributed by atoms with Gasteiger partial charge in [0, 0.05) is 17.0 Å². The second-order valence-corrected chi connectivity index (χ2v) is 8.35. The SMILES string of the molecule is CCOc1ccc(C(=O)N2CCc3cc(OC)c(OC)cc3C2c2cccs2)cc1OC. The van der Waals surface area contributed by atoms with E-state index in [9.17, 15) is 4.79 Å². The minimum absolute atomic E-state index is 0.0508. The molecule has 4 rings (SSSR count). The van der Waals surface area contributed by atoms with Crippen molar-refractivity contribution in [2.45, 2.75) is 19.4 Å². The number of amides is 1. The topological polar surface area (TPSA) is 57.2 Å². The first-order valence-electron chi connectivity index (χ1n) is 10.5. The van der Waals surface area contributed by atoms with Crippen LogP contribution in [0.2, 0.25) is 0 Å². The number of nitrogens with zero attached hydrogens (tertiary/aromatic N) is 1. The molecule has 0 saturated carbocycles. The van der Waals surface area contributed by atoms with Crippen LogP contribution in [-0.4, -0.2) is 45.3 Å². The maximum Gasteiger partial charge on any atom is 0.254 e. The molecule has 3 aromatic rings. The number of carbonyl (C=O) groups excluding carboxylic acids is 1. The minimum Gasteiger partial charge on any atom is -0.493 e. The molecular weight excluding hydrogens is 426 g/mol. The normalized spacial score (nSPS) is 15.1. The van der Waals surface area contributed by atoms with Crippen molar-refractivity contribution in [3.8, 4) is 23.0 Å². The van der Waals surface area contributed by atoms with Crippen LogP contribution in [0.5, 0.6) is 23.0 Å². The predicted molar refractivity (Wildman–Crippen MR) is 125 cm³/mol. The molecule has 1 unspecified atom stereocenters. The Morgan fingerprint density at radius 2 is 1.72 bits per heavy atom. The molecule has 0 radical (unpaired) electrons. The van der Waals surface area contributed by atoms with Crippen LogP contribution in [0.3, 0.4) is 0 Å². The Morgan fingerprint density at radius 1 is 1.00 bits per heavy atom. The van der Waals surface area contributed by atoms with Crippen LogP contribution >= 0.6 is 11.3 Å². The number of hydrogen-bond donors (Lipinski definition) is 0. The zero-order valence-electron chi connectivity index (χ0n) is 18.7. The van der Waals surface area contributed by atoms with Crippen LogP contribution in [0.1, 0.15) is 39.3 Å². The van der Waals surface area contributed by atoms with E-state index in [4.69, 9.17) is 18.9 Å². The molecule has 1 aromatic heterocycles. The van der Waals surface area contributed by atoms with E-state index in [1.165, 1.54) is 0 Å². The monoisotopic (exact) mass is 453 g/mol. The molecule has 32 heavy (non-hydrogen) atoms. The summed E-state index contributed by atoms with van der Waals surface area (Å²) in [6.45, 7) is 3.04. The lowest BCUT2D eigenvalue weighted by atomic mass is 9.90. The Morgan fingerprint density at radius 3 is 2.38 bits per heavy atom. The molecule has 0 aliphatic carbocycles. The second kappa shape index (κ2) is 9.53. The molecule has 168 valence electrons. The van der Waals surface area contributed by atoms with Gasteiger partial charge in [0.15, 0.2) is 23.0 Å². The van der Waals surface area contributed by atoms with E-state index in [0.29, 0.717) is 41.7 Å². The highest BCUT2D eigenvalue weighted by molar-refractivity contribution is 7.10. The molecule has 7 heteroatoms. The fraction of sp³-hybridized carbons (Fsp3) is 0.320. The van der Waals surface area contributed by atoms with Gasteiger partial charge in [-0.1, -0.05) is 6.07 Å². The Balaban J connectivity index is 1.77. The summed E-state index contributed by atoms with van der Waals surface area (Å²) in [4.78, 5) is 16.7. The molecule has 6 nitrogen and oxygen atoms in total. The lowest BCUT2D eigenvalue weighted by Gasteiger charge is -2.37. The summed E-state index contributed by atoms with van der Waals surface area (Å²) in [6.07, 6.45) is 0.734. The van der Waals surface area contributed by atoms with Gasteiger partial charge in [0.2, 0.25) is 0 Å². The van der Waals surface area contributed by atoms with Gasteiger partial charge in [-0.3, -0.25) is 4.79 Å². The largest absolute Gasteiger partial charge is 0.493 e. The first kappa shape index (κ1) is 22.0. The van der Waals surface area contributed by atoms with Crippen LogP contribution in [0.4, 0.5) is 0 Å². The molecule has 1 amide bonds. The number of ether oxygens (including phenoxy) is 4. The van der Waals surface area contributed by atoms with Gasteiger partial charge < -0.3 is 23.8 Å². The lowest BCUT2D eigenvalue weighted by molar-refractivity contribution is 0.0696. The highest BCUT2D eigenvalue weighted by atomic mass is 32.1. The molecule has 0 fully saturated rings. The minimum atomic E-state index is -0.205. The molecule has 0 bridgehead atoms. The van der Waals surface area contributed by atoms with Gasteiger partial charge in [-0.15, -0.1) is 11.3 Å². The van der Waals surface area contributed by atoms with Crippen molar-refractivity contribution in [1.29, 1.82) is 0 Å². The highest BCUT2D eigenvalue weighted by Crippen LogP contribution is 2.43. The maximum absolute atomic E-state index is 13.7. The number of rotatable bonds is 7.